The highest BCUT2D eigenvalue weighted by molar-refractivity contribution is 7.99. The van der Waals surface area contributed by atoms with Gasteiger partial charge in [0.15, 0.2) is 10.9 Å². The van der Waals surface area contributed by atoms with Crippen molar-refractivity contribution >= 4 is 17.5 Å². The first kappa shape index (κ1) is 19.0. The van der Waals surface area contributed by atoms with E-state index < -0.39 is 0 Å². The van der Waals surface area contributed by atoms with Crippen molar-refractivity contribution in [3.63, 3.8) is 0 Å². The third kappa shape index (κ3) is 4.49. The highest BCUT2D eigenvalue weighted by Gasteiger charge is 2.16. The van der Waals surface area contributed by atoms with E-state index in [1.165, 1.54) is 11.8 Å². The summed E-state index contributed by atoms with van der Waals surface area (Å²) in [4.78, 5) is 12.7. The summed E-state index contributed by atoms with van der Waals surface area (Å²) in [6.07, 6.45) is 0. The number of carbonyl (C=O) groups excluding carboxylic acids is 1. The number of hydrogen-bond donors (Lipinski definition) is 0. The molecule has 1 aromatic heterocycles. The number of thioether (sulfide) groups is 1. The first-order chi connectivity index (χ1) is 13.1. The van der Waals surface area contributed by atoms with Crippen LogP contribution in [0.4, 0.5) is 0 Å². The van der Waals surface area contributed by atoms with E-state index in [-0.39, 0.29) is 11.5 Å². The van der Waals surface area contributed by atoms with Crippen LogP contribution in [0, 0.1) is 6.92 Å². The fraction of sp³-hybridized carbons (Fsp3) is 0.250. The molecule has 0 radical (unpaired) electrons. The van der Waals surface area contributed by atoms with Gasteiger partial charge in [0.25, 0.3) is 0 Å². The third-order valence-corrected chi connectivity index (χ3v) is 5.09. The second-order valence-corrected chi connectivity index (χ2v) is 6.82. The topological polar surface area (TPSA) is 66.2 Å². The first-order valence-corrected chi connectivity index (χ1v) is 9.42. The summed E-state index contributed by atoms with van der Waals surface area (Å²) in [6, 6.07) is 15.3. The van der Waals surface area contributed by atoms with Crippen LogP contribution in [-0.4, -0.2) is 40.5 Å². The minimum Gasteiger partial charge on any atom is -0.497 e. The molecule has 1 heterocycles. The Morgan fingerprint density at radius 3 is 2.56 bits per heavy atom. The Hall–Kier alpha value is -2.80. The predicted molar refractivity (Wildman–Crippen MR) is 105 cm³/mol. The fourth-order valence-electron chi connectivity index (χ4n) is 2.65. The van der Waals surface area contributed by atoms with Crippen molar-refractivity contribution in [3.8, 4) is 11.5 Å². The summed E-state index contributed by atoms with van der Waals surface area (Å²) >= 11 is 1.37. The van der Waals surface area contributed by atoms with Gasteiger partial charge in [-0.1, -0.05) is 42.1 Å². The molecule has 0 N–H and O–H groups in total. The Kier molecular flexibility index (Phi) is 6.13. The van der Waals surface area contributed by atoms with Gasteiger partial charge in [-0.05, 0) is 24.6 Å². The standard InChI is InChI=1S/C20H21N3O3S/c1-14-21-22-20(23(14)12-15-7-5-4-6-8-15)27-13-18(24)17-10-9-16(25-2)11-19(17)26-3/h4-11H,12-13H2,1-3H3. The maximum atomic E-state index is 12.7. The van der Waals surface area contributed by atoms with Gasteiger partial charge in [0.1, 0.15) is 17.3 Å². The largest absolute Gasteiger partial charge is 0.497 e. The van der Waals surface area contributed by atoms with Crippen molar-refractivity contribution in [2.45, 2.75) is 18.6 Å². The molecule has 0 aliphatic rings. The van der Waals surface area contributed by atoms with Gasteiger partial charge in [0, 0.05) is 6.07 Å². The van der Waals surface area contributed by atoms with Crippen LogP contribution in [0.3, 0.4) is 0 Å². The summed E-state index contributed by atoms with van der Waals surface area (Å²) in [5.74, 6) is 2.17. The van der Waals surface area contributed by atoms with Gasteiger partial charge in [0.2, 0.25) is 0 Å². The van der Waals surface area contributed by atoms with E-state index >= 15 is 0 Å². The fourth-order valence-corrected chi connectivity index (χ4v) is 3.52. The number of Topliss-reactive ketones (excluding diaryl/α,β-unsaturated/α-hetero) is 1. The number of nitrogens with zero attached hydrogens (tertiary/aromatic N) is 3. The van der Waals surface area contributed by atoms with E-state index in [1.54, 1.807) is 32.4 Å². The quantitative estimate of drug-likeness (QED) is 0.437. The molecular formula is C20H21N3O3S. The third-order valence-electron chi connectivity index (χ3n) is 4.13. The van der Waals surface area contributed by atoms with Gasteiger partial charge in [-0.25, -0.2) is 0 Å². The molecule has 0 aliphatic carbocycles. The van der Waals surface area contributed by atoms with Crippen molar-refractivity contribution in [1.29, 1.82) is 0 Å². The zero-order valence-corrected chi connectivity index (χ0v) is 16.3. The molecular weight excluding hydrogens is 362 g/mol. The Morgan fingerprint density at radius 1 is 1.07 bits per heavy atom. The van der Waals surface area contributed by atoms with Crippen LogP contribution in [-0.2, 0) is 6.54 Å². The Bertz CT molecular complexity index is 925. The van der Waals surface area contributed by atoms with Crippen molar-refractivity contribution in [2.75, 3.05) is 20.0 Å². The zero-order valence-electron chi connectivity index (χ0n) is 15.5. The average Bonchev–Trinajstić information content (AvgIpc) is 3.05. The molecule has 0 atom stereocenters. The van der Waals surface area contributed by atoms with Crippen LogP contribution in [0.1, 0.15) is 21.7 Å². The number of aryl methyl sites for hydroxylation is 1. The minimum atomic E-state index is -0.0357. The van der Waals surface area contributed by atoms with Gasteiger partial charge >= 0.3 is 0 Å². The molecule has 0 amide bonds. The van der Waals surface area contributed by atoms with E-state index in [0.717, 1.165) is 16.5 Å². The number of methoxy groups -OCH3 is 2. The Balaban J connectivity index is 1.73. The molecule has 2 aromatic carbocycles. The molecule has 3 rings (SSSR count). The normalized spacial score (nSPS) is 10.6. The van der Waals surface area contributed by atoms with Crippen LogP contribution in [0.25, 0.3) is 0 Å². The second-order valence-electron chi connectivity index (χ2n) is 5.88. The van der Waals surface area contributed by atoms with Gasteiger partial charge < -0.3 is 14.0 Å². The number of carbonyl (C=O) groups is 1. The maximum absolute atomic E-state index is 12.7. The lowest BCUT2D eigenvalue weighted by molar-refractivity contribution is 0.101. The number of ether oxygens (including phenoxy) is 2. The molecule has 0 saturated carbocycles. The van der Waals surface area contributed by atoms with Gasteiger partial charge in [-0.2, -0.15) is 0 Å². The smallest absolute Gasteiger partial charge is 0.191 e. The van der Waals surface area contributed by atoms with Gasteiger partial charge in [0.05, 0.1) is 32.1 Å². The van der Waals surface area contributed by atoms with E-state index in [0.29, 0.717) is 23.6 Å². The zero-order chi connectivity index (χ0) is 19.2. The second kappa shape index (κ2) is 8.73. The summed E-state index contributed by atoms with van der Waals surface area (Å²) in [5, 5.41) is 9.10. The lowest BCUT2D eigenvalue weighted by Crippen LogP contribution is -2.08. The van der Waals surface area contributed by atoms with Crippen LogP contribution in [0.5, 0.6) is 11.5 Å². The lowest BCUT2D eigenvalue weighted by Gasteiger charge is -2.10. The highest BCUT2D eigenvalue weighted by Crippen LogP contribution is 2.27. The van der Waals surface area contributed by atoms with Crippen LogP contribution in [0.15, 0.2) is 53.7 Å². The molecule has 0 saturated heterocycles. The van der Waals surface area contributed by atoms with E-state index in [4.69, 9.17) is 9.47 Å². The number of rotatable bonds is 8. The summed E-state index contributed by atoms with van der Waals surface area (Å²) < 4.78 is 12.5. The van der Waals surface area contributed by atoms with Crippen molar-refractivity contribution in [2.24, 2.45) is 0 Å². The minimum absolute atomic E-state index is 0.0357. The van der Waals surface area contributed by atoms with Gasteiger partial charge in [-0.3, -0.25) is 4.79 Å². The molecule has 0 spiro atoms. The first-order valence-electron chi connectivity index (χ1n) is 8.44. The molecule has 6 nitrogen and oxygen atoms in total. The van der Waals surface area contributed by atoms with E-state index in [1.807, 2.05) is 29.7 Å². The van der Waals surface area contributed by atoms with Crippen LogP contribution in [0.2, 0.25) is 0 Å². The van der Waals surface area contributed by atoms with Crippen LogP contribution < -0.4 is 9.47 Å². The number of ketones is 1. The Morgan fingerprint density at radius 2 is 1.85 bits per heavy atom. The molecule has 0 unspecified atom stereocenters. The summed E-state index contributed by atoms with van der Waals surface area (Å²) in [5.41, 5.74) is 1.68. The molecule has 27 heavy (non-hydrogen) atoms. The SMILES string of the molecule is COc1ccc(C(=O)CSc2nnc(C)n2Cc2ccccc2)c(OC)c1. The summed E-state index contributed by atoms with van der Waals surface area (Å²) in [7, 11) is 3.12. The molecule has 140 valence electrons. The molecule has 7 heteroatoms. The maximum Gasteiger partial charge on any atom is 0.191 e. The van der Waals surface area contributed by atoms with Crippen LogP contribution >= 0.6 is 11.8 Å². The predicted octanol–water partition coefficient (Wildman–Crippen LogP) is 3.63. The molecule has 0 fully saturated rings. The van der Waals surface area contributed by atoms with Crippen molar-refractivity contribution < 1.29 is 14.3 Å². The van der Waals surface area contributed by atoms with Crippen molar-refractivity contribution in [1.82, 2.24) is 14.8 Å². The highest BCUT2D eigenvalue weighted by atomic mass is 32.2. The molecule has 0 aliphatic heterocycles. The van der Waals surface area contributed by atoms with Gasteiger partial charge in [-0.15, -0.1) is 10.2 Å². The molecule has 0 bridgehead atoms. The lowest BCUT2D eigenvalue weighted by atomic mass is 10.1. The number of hydrogen-bond acceptors (Lipinski definition) is 6. The van der Waals surface area contributed by atoms with E-state index in [9.17, 15) is 4.79 Å². The number of benzene rings is 2. The monoisotopic (exact) mass is 383 g/mol. The Labute approximate surface area is 162 Å². The van der Waals surface area contributed by atoms with E-state index in [2.05, 4.69) is 22.3 Å². The number of aromatic nitrogens is 3. The average molecular weight is 383 g/mol. The summed E-state index contributed by atoms with van der Waals surface area (Å²) in [6.45, 7) is 2.58. The van der Waals surface area contributed by atoms with Crippen molar-refractivity contribution in [3.05, 3.63) is 65.5 Å². The molecule has 3 aromatic rings.